The number of fused-ring (bicyclic) bond motifs is 1. The monoisotopic (exact) mass is 290 g/mol. The first-order valence-electron chi connectivity index (χ1n) is 7.50. The second-order valence-electron chi connectivity index (χ2n) is 6.02. The third kappa shape index (κ3) is 2.53. The maximum atomic E-state index is 11.9. The van der Waals surface area contributed by atoms with Crippen LogP contribution in [0.5, 0.6) is 0 Å². The fourth-order valence-corrected chi connectivity index (χ4v) is 3.17. The third-order valence-corrected chi connectivity index (χ3v) is 4.29. The van der Waals surface area contributed by atoms with Gasteiger partial charge in [0.2, 0.25) is 5.91 Å². The summed E-state index contributed by atoms with van der Waals surface area (Å²) in [5, 5.41) is 2.96. The van der Waals surface area contributed by atoms with E-state index >= 15 is 0 Å². The number of piperidine rings is 1. The summed E-state index contributed by atoms with van der Waals surface area (Å²) in [7, 11) is 0. The van der Waals surface area contributed by atoms with Gasteiger partial charge in [-0.25, -0.2) is 15.8 Å². The van der Waals surface area contributed by atoms with Crippen LogP contribution in [0.3, 0.4) is 0 Å². The van der Waals surface area contributed by atoms with Crippen molar-refractivity contribution in [3.8, 4) is 0 Å². The molecule has 1 aromatic heterocycles. The van der Waals surface area contributed by atoms with E-state index in [-0.39, 0.29) is 23.8 Å². The van der Waals surface area contributed by atoms with Gasteiger partial charge >= 0.3 is 0 Å². The number of hydrogen-bond donors (Lipinski definition) is 3. The molecule has 0 saturated carbocycles. The number of nitrogens with two attached hydrogens (primary N) is 1. The Morgan fingerprint density at radius 1 is 1.48 bits per heavy atom. The van der Waals surface area contributed by atoms with E-state index in [0.717, 1.165) is 31.0 Å². The van der Waals surface area contributed by atoms with E-state index < -0.39 is 0 Å². The minimum absolute atomic E-state index is 0.0745. The van der Waals surface area contributed by atoms with Crippen molar-refractivity contribution in [2.24, 2.45) is 11.8 Å². The number of rotatable bonds is 3. The molecule has 0 radical (unpaired) electrons. The summed E-state index contributed by atoms with van der Waals surface area (Å²) < 4.78 is 0. The average Bonchev–Trinajstić information content (AvgIpc) is 2.88. The van der Waals surface area contributed by atoms with Crippen LogP contribution in [-0.4, -0.2) is 35.0 Å². The first-order valence-corrected chi connectivity index (χ1v) is 7.50. The fraction of sp³-hybridized carbons (Fsp3) is 0.643. The van der Waals surface area contributed by atoms with Gasteiger partial charge in [0.1, 0.15) is 17.5 Å². The normalized spacial score (nSPS) is 25.0. The molecule has 1 aromatic rings. The quantitative estimate of drug-likeness (QED) is 0.557. The Balaban J connectivity index is 1.95. The molecular weight excluding hydrogens is 268 g/mol. The van der Waals surface area contributed by atoms with Crippen LogP contribution in [0.4, 0.5) is 11.6 Å². The molecule has 21 heavy (non-hydrogen) atoms. The molecule has 2 aliphatic rings. The van der Waals surface area contributed by atoms with E-state index in [1.54, 1.807) is 0 Å². The number of aromatic nitrogens is 2. The molecule has 0 aliphatic carbocycles. The van der Waals surface area contributed by atoms with Crippen LogP contribution in [0, 0.1) is 5.92 Å². The summed E-state index contributed by atoms with van der Waals surface area (Å²) in [4.78, 5) is 23.2. The van der Waals surface area contributed by atoms with Gasteiger partial charge in [-0.15, -0.1) is 0 Å². The predicted octanol–water partition coefficient (Wildman–Crippen LogP) is 0.600. The smallest absolute Gasteiger partial charge is 0.225 e. The lowest BCUT2D eigenvalue weighted by molar-refractivity contribution is -0.122. The molecule has 2 atom stereocenters. The van der Waals surface area contributed by atoms with Crippen molar-refractivity contribution in [1.82, 2.24) is 15.3 Å². The van der Waals surface area contributed by atoms with Gasteiger partial charge in [0.25, 0.3) is 0 Å². The van der Waals surface area contributed by atoms with Crippen molar-refractivity contribution in [3.63, 3.8) is 0 Å². The minimum Gasteiger partial charge on any atom is -0.354 e. The molecule has 1 amide bonds. The van der Waals surface area contributed by atoms with Crippen LogP contribution in [0.15, 0.2) is 6.07 Å². The van der Waals surface area contributed by atoms with E-state index in [4.69, 9.17) is 5.84 Å². The molecule has 3 rings (SSSR count). The van der Waals surface area contributed by atoms with Gasteiger partial charge in [0, 0.05) is 25.1 Å². The highest BCUT2D eigenvalue weighted by atomic mass is 16.2. The molecule has 4 N–H and O–H groups in total. The van der Waals surface area contributed by atoms with Gasteiger partial charge < -0.3 is 15.6 Å². The lowest BCUT2D eigenvalue weighted by Crippen LogP contribution is -2.46. The van der Waals surface area contributed by atoms with E-state index in [2.05, 4.69) is 39.5 Å². The Kier molecular flexibility index (Phi) is 3.67. The zero-order valence-electron chi connectivity index (χ0n) is 12.5. The first-order chi connectivity index (χ1) is 10.1. The van der Waals surface area contributed by atoms with Crippen molar-refractivity contribution >= 4 is 17.5 Å². The molecular formula is C14H22N6O. The fourth-order valence-electron chi connectivity index (χ4n) is 3.17. The van der Waals surface area contributed by atoms with E-state index in [9.17, 15) is 4.79 Å². The first kappa shape index (κ1) is 14.1. The van der Waals surface area contributed by atoms with Gasteiger partial charge in [0.15, 0.2) is 0 Å². The lowest BCUT2D eigenvalue weighted by atomic mass is 9.91. The molecule has 0 aromatic carbocycles. The summed E-state index contributed by atoms with van der Waals surface area (Å²) in [6.07, 6.45) is 1.96. The molecule has 2 unspecified atom stereocenters. The van der Waals surface area contributed by atoms with Gasteiger partial charge in [-0.1, -0.05) is 13.8 Å². The van der Waals surface area contributed by atoms with Crippen molar-refractivity contribution < 1.29 is 4.79 Å². The van der Waals surface area contributed by atoms with Crippen LogP contribution in [0.25, 0.3) is 0 Å². The minimum atomic E-state index is 0.0745. The Labute approximate surface area is 124 Å². The topological polar surface area (TPSA) is 96.2 Å². The molecule has 0 spiro atoms. The van der Waals surface area contributed by atoms with Gasteiger partial charge in [-0.2, -0.15) is 0 Å². The van der Waals surface area contributed by atoms with Crippen molar-refractivity contribution in [2.75, 3.05) is 23.4 Å². The summed E-state index contributed by atoms with van der Waals surface area (Å²) >= 11 is 0. The number of nitrogens with zero attached hydrogens (tertiary/aromatic N) is 3. The Hall–Kier alpha value is -1.89. The number of hydrogen-bond acceptors (Lipinski definition) is 6. The number of nitrogens with one attached hydrogen (secondary N) is 2. The number of anilines is 2. The van der Waals surface area contributed by atoms with Crippen molar-refractivity contribution in [3.05, 3.63) is 11.9 Å². The van der Waals surface area contributed by atoms with Crippen LogP contribution in [0.2, 0.25) is 0 Å². The Morgan fingerprint density at radius 3 is 3.00 bits per heavy atom. The van der Waals surface area contributed by atoms with Crippen LogP contribution < -0.4 is 21.5 Å². The maximum Gasteiger partial charge on any atom is 0.225 e. The molecule has 2 aliphatic heterocycles. The van der Waals surface area contributed by atoms with Crippen molar-refractivity contribution in [2.45, 2.75) is 38.6 Å². The highest BCUT2D eigenvalue weighted by molar-refractivity contribution is 5.83. The summed E-state index contributed by atoms with van der Waals surface area (Å²) in [5.41, 5.74) is 2.61. The largest absolute Gasteiger partial charge is 0.354 e. The van der Waals surface area contributed by atoms with Crippen molar-refractivity contribution in [1.29, 1.82) is 0 Å². The molecule has 7 heteroatoms. The average molecular weight is 290 g/mol. The number of amides is 1. The molecule has 3 heterocycles. The lowest BCUT2D eigenvalue weighted by Gasteiger charge is -2.37. The Bertz CT molecular complexity index is 546. The molecule has 2 saturated heterocycles. The van der Waals surface area contributed by atoms with E-state index in [1.807, 2.05) is 6.07 Å². The molecule has 0 bridgehead atoms. The van der Waals surface area contributed by atoms with Crippen LogP contribution >= 0.6 is 0 Å². The molecule has 114 valence electrons. The number of carbonyl (C=O) groups excluding carboxylic acids is 1. The van der Waals surface area contributed by atoms with Gasteiger partial charge in [-0.3, -0.25) is 4.79 Å². The van der Waals surface area contributed by atoms with E-state index in [1.165, 1.54) is 0 Å². The van der Waals surface area contributed by atoms with Gasteiger partial charge in [0.05, 0.1) is 12.0 Å². The third-order valence-electron chi connectivity index (χ3n) is 4.29. The van der Waals surface area contributed by atoms with E-state index in [0.29, 0.717) is 12.4 Å². The zero-order valence-corrected chi connectivity index (χ0v) is 12.5. The second kappa shape index (κ2) is 5.48. The molecule has 7 nitrogen and oxygen atoms in total. The predicted molar refractivity (Wildman–Crippen MR) is 80.8 cm³/mol. The SMILES string of the molecule is CC(C)c1nc(NN)cc(N2CCCC3C(=O)NCC32)n1. The number of hydrazine groups is 1. The highest BCUT2D eigenvalue weighted by Gasteiger charge is 2.41. The maximum absolute atomic E-state index is 11.9. The number of nitrogen functional groups attached to an aromatic ring is 1. The Morgan fingerprint density at radius 2 is 2.29 bits per heavy atom. The summed E-state index contributed by atoms with van der Waals surface area (Å²) in [6.45, 7) is 5.71. The highest BCUT2D eigenvalue weighted by Crippen LogP contribution is 2.31. The standard InChI is InChI=1S/C14H22N6O/c1-8(2)13-17-11(19-15)6-12(18-13)20-5-3-4-9-10(20)7-16-14(9)21/h6,8-10H,3-5,7,15H2,1-2H3,(H,16,21)(H,17,18,19). The van der Waals surface area contributed by atoms with Crippen LogP contribution in [0.1, 0.15) is 38.4 Å². The zero-order chi connectivity index (χ0) is 15.0. The number of carbonyl (C=O) groups is 1. The second-order valence-corrected chi connectivity index (χ2v) is 6.02. The summed E-state index contributed by atoms with van der Waals surface area (Å²) in [5.74, 6) is 8.22. The summed E-state index contributed by atoms with van der Waals surface area (Å²) in [6, 6.07) is 2.05. The molecule has 2 fully saturated rings. The van der Waals surface area contributed by atoms with Crippen LogP contribution in [-0.2, 0) is 4.79 Å². The van der Waals surface area contributed by atoms with Gasteiger partial charge in [-0.05, 0) is 12.8 Å².